The molecule has 6 heteroatoms. The Bertz CT molecular complexity index is 465. The first-order valence-electron chi connectivity index (χ1n) is 5.60. The maximum Gasteiger partial charge on any atom is 0.315 e. The quantitative estimate of drug-likeness (QED) is 0.823. The van der Waals surface area contributed by atoms with Gasteiger partial charge in [-0.3, -0.25) is 0 Å². The summed E-state index contributed by atoms with van der Waals surface area (Å²) in [5.74, 6) is 0.593. The summed E-state index contributed by atoms with van der Waals surface area (Å²) in [5.41, 5.74) is 0. The number of rotatable bonds is 6. The largest absolute Gasteiger partial charge is 0.407 e. The Morgan fingerprint density at radius 2 is 2.06 bits per heavy atom. The van der Waals surface area contributed by atoms with Gasteiger partial charge in [-0.1, -0.05) is 12.0 Å². The molecule has 0 fully saturated rings. The van der Waals surface area contributed by atoms with Crippen LogP contribution in [0.25, 0.3) is 0 Å². The lowest BCUT2D eigenvalue weighted by Crippen LogP contribution is -2.04. The van der Waals surface area contributed by atoms with Gasteiger partial charge in [-0.05, 0) is 25.6 Å². The van der Waals surface area contributed by atoms with Gasteiger partial charge in [-0.15, -0.1) is 16.4 Å². The van der Waals surface area contributed by atoms with Crippen molar-refractivity contribution in [1.29, 1.82) is 0 Å². The molecule has 0 atom stereocenters. The molecule has 2 aromatic heterocycles. The van der Waals surface area contributed by atoms with Crippen molar-refractivity contribution in [2.75, 3.05) is 12.4 Å². The third-order valence-corrected chi connectivity index (χ3v) is 3.50. The minimum absolute atomic E-state index is 0.474. The van der Waals surface area contributed by atoms with E-state index in [0.717, 1.165) is 13.0 Å². The van der Waals surface area contributed by atoms with Crippen molar-refractivity contribution >= 4 is 17.4 Å². The lowest BCUT2D eigenvalue weighted by atomic mass is 10.4. The normalized spacial score (nSPS) is 10.7. The summed E-state index contributed by atoms with van der Waals surface area (Å²) in [4.78, 5) is 2.67. The zero-order valence-electron chi connectivity index (χ0n) is 9.99. The monoisotopic (exact) mass is 252 g/mol. The minimum atomic E-state index is 0.474. The SMILES string of the molecule is CCc1ccc(CNc2nnc(CNC)o2)s1. The fraction of sp³-hybridized carbons (Fsp3) is 0.455. The van der Waals surface area contributed by atoms with Gasteiger partial charge in [0.2, 0.25) is 5.89 Å². The second kappa shape index (κ2) is 5.79. The van der Waals surface area contributed by atoms with E-state index >= 15 is 0 Å². The van der Waals surface area contributed by atoms with Gasteiger partial charge in [-0.2, -0.15) is 0 Å². The van der Waals surface area contributed by atoms with Crippen LogP contribution in [0.4, 0.5) is 6.01 Å². The van der Waals surface area contributed by atoms with E-state index in [0.29, 0.717) is 18.5 Å². The Morgan fingerprint density at radius 3 is 2.76 bits per heavy atom. The fourth-order valence-corrected chi connectivity index (χ4v) is 2.32. The molecule has 0 spiro atoms. The van der Waals surface area contributed by atoms with E-state index in [1.807, 2.05) is 7.05 Å². The summed E-state index contributed by atoms with van der Waals surface area (Å²) in [7, 11) is 1.84. The van der Waals surface area contributed by atoms with Crippen LogP contribution in [0, 0.1) is 0 Å². The van der Waals surface area contributed by atoms with Crippen LogP contribution in [-0.4, -0.2) is 17.2 Å². The molecule has 92 valence electrons. The smallest absolute Gasteiger partial charge is 0.315 e. The van der Waals surface area contributed by atoms with Crippen LogP contribution < -0.4 is 10.6 Å². The zero-order valence-corrected chi connectivity index (χ0v) is 10.8. The Balaban J connectivity index is 1.88. The van der Waals surface area contributed by atoms with Gasteiger partial charge >= 0.3 is 6.01 Å². The number of nitrogens with one attached hydrogen (secondary N) is 2. The first kappa shape index (κ1) is 12.1. The molecule has 5 nitrogen and oxygen atoms in total. The molecule has 2 aromatic rings. The summed E-state index contributed by atoms with van der Waals surface area (Å²) >= 11 is 1.80. The molecule has 0 saturated carbocycles. The molecule has 0 aliphatic heterocycles. The Labute approximate surface area is 104 Å². The first-order valence-corrected chi connectivity index (χ1v) is 6.42. The molecule has 2 heterocycles. The number of hydrogen-bond donors (Lipinski definition) is 2. The predicted octanol–water partition coefficient (Wildman–Crippen LogP) is 2.02. The van der Waals surface area contributed by atoms with Gasteiger partial charge in [0.1, 0.15) is 0 Å². The maximum atomic E-state index is 5.39. The summed E-state index contributed by atoms with van der Waals surface area (Å²) in [6.45, 7) is 3.48. The first-order chi connectivity index (χ1) is 8.31. The van der Waals surface area contributed by atoms with Crippen molar-refractivity contribution in [3.05, 3.63) is 27.8 Å². The van der Waals surface area contributed by atoms with Crippen molar-refractivity contribution in [3.63, 3.8) is 0 Å². The van der Waals surface area contributed by atoms with Gasteiger partial charge in [0.05, 0.1) is 13.1 Å². The second-order valence-electron chi connectivity index (χ2n) is 3.61. The van der Waals surface area contributed by atoms with Crippen LogP contribution in [0.2, 0.25) is 0 Å². The molecule has 0 aromatic carbocycles. The number of hydrogen-bond acceptors (Lipinski definition) is 6. The van der Waals surface area contributed by atoms with Crippen molar-refractivity contribution < 1.29 is 4.42 Å². The summed E-state index contributed by atoms with van der Waals surface area (Å²) < 4.78 is 5.39. The Morgan fingerprint density at radius 1 is 1.24 bits per heavy atom. The van der Waals surface area contributed by atoms with E-state index in [-0.39, 0.29) is 0 Å². The number of anilines is 1. The van der Waals surface area contributed by atoms with E-state index in [2.05, 4.69) is 39.9 Å². The standard InChI is InChI=1S/C11H16N4OS/c1-3-8-4-5-9(17-8)6-13-11-15-14-10(16-11)7-12-2/h4-5,12H,3,6-7H2,1-2H3,(H,13,15). The highest BCUT2D eigenvalue weighted by Gasteiger charge is 2.05. The molecule has 2 rings (SSSR count). The molecular weight excluding hydrogens is 236 g/mol. The van der Waals surface area contributed by atoms with Gasteiger partial charge in [0.25, 0.3) is 0 Å². The lowest BCUT2D eigenvalue weighted by molar-refractivity contribution is 0.489. The average molecular weight is 252 g/mol. The van der Waals surface area contributed by atoms with E-state index in [9.17, 15) is 0 Å². The topological polar surface area (TPSA) is 63.0 Å². The molecule has 0 radical (unpaired) electrons. The fourth-order valence-electron chi connectivity index (χ4n) is 1.42. The maximum absolute atomic E-state index is 5.39. The highest BCUT2D eigenvalue weighted by atomic mass is 32.1. The van der Waals surface area contributed by atoms with Crippen LogP contribution >= 0.6 is 11.3 Å². The number of aryl methyl sites for hydroxylation is 1. The van der Waals surface area contributed by atoms with Crippen molar-refractivity contribution in [2.45, 2.75) is 26.4 Å². The van der Waals surface area contributed by atoms with Crippen LogP contribution in [0.1, 0.15) is 22.6 Å². The average Bonchev–Trinajstić information content (AvgIpc) is 2.95. The molecule has 0 unspecified atom stereocenters. The van der Waals surface area contributed by atoms with Crippen LogP contribution in [0.5, 0.6) is 0 Å². The van der Waals surface area contributed by atoms with E-state index in [1.165, 1.54) is 9.75 Å². The third-order valence-electron chi connectivity index (χ3n) is 2.27. The molecular formula is C11H16N4OS. The van der Waals surface area contributed by atoms with Crippen LogP contribution in [0.15, 0.2) is 16.5 Å². The number of thiophene rings is 1. The second-order valence-corrected chi connectivity index (χ2v) is 4.86. The lowest BCUT2D eigenvalue weighted by Gasteiger charge is -1.97. The highest BCUT2D eigenvalue weighted by Crippen LogP contribution is 2.18. The number of nitrogens with zero attached hydrogens (tertiary/aromatic N) is 2. The Hall–Kier alpha value is -1.40. The molecule has 0 saturated heterocycles. The molecule has 2 N–H and O–H groups in total. The molecule has 0 aliphatic rings. The predicted molar refractivity (Wildman–Crippen MR) is 68.1 cm³/mol. The summed E-state index contributed by atoms with van der Waals surface area (Å²) in [6, 6.07) is 4.75. The van der Waals surface area contributed by atoms with E-state index in [4.69, 9.17) is 4.42 Å². The van der Waals surface area contributed by atoms with Gasteiger partial charge < -0.3 is 15.1 Å². The van der Waals surface area contributed by atoms with Crippen molar-refractivity contribution in [1.82, 2.24) is 15.5 Å². The minimum Gasteiger partial charge on any atom is -0.407 e. The Kier molecular flexibility index (Phi) is 4.11. The summed E-state index contributed by atoms with van der Waals surface area (Å²) in [5, 5.41) is 13.9. The van der Waals surface area contributed by atoms with Crippen molar-refractivity contribution in [3.8, 4) is 0 Å². The third kappa shape index (κ3) is 3.28. The molecule has 0 bridgehead atoms. The highest BCUT2D eigenvalue weighted by molar-refractivity contribution is 7.12. The number of aromatic nitrogens is 2. The van der Waals surface area contributed by atoms with Gasteiger partial charge in [0.15, 0.2) is 0 Å². The van der Waals surface area contributed by atoms with E-state index in [1.54, 1.807) is 11.3 Å². The van der Waals surface area contributed by atoms with Gasteiger partial charge in [0, 0.05) is 9.75 Å². The summed E-state index contributed by atoms with van der Waals surface area (Å²) in [6.07, 6.45) is 1.08. The molecule has 17 heavy (non-hydrogen) atoms. The van der Waals surface area contributed by atoms with E-state index < -0.39 is 0 Å². The van der Waals surface area contributed by atoms with Crippen LogP contribution in [0.3, 0.4) is 0 Å². The zero-order chi connectivity index (χ0) is 12.1. The van der Waals surface area contributed by atoms with Gasteiger partial charge in [-0.25, -0.2) is 0 Å². The molecule has 0 aliphatic carbocycles. The van der Waals surface area contributed by atoms with Crippen molar-refractivity contribution in [2.24, 2.45) is 0 Å². The molecule has 0 amide bonds. The van der Waals surface area contributed by atoms with Crippen LogP contribution in [-0.2, 0) is 19.5 Å².